The molecule has 1 aromatic heterocycles. The van der Waals surface area contributed by atoms with Crippen LogP contribution in [0.15, 0.2) is 6.20 Å². The summed E-state index contributed by atoms with van der Waals surface area (Å²) in [4.78, 5) is 11.9. The Hall–Kier alpha value is -1.63. The molecular formula is C16H30N4O3. The summed E-state index contributed by atoms with van der Waals surface area (Å²) in [7, 11) is 1.80. The maximum atomic E-state index is 11.9. The maximum absolute atomic E-state index is 11.9. The van der Waals surface area contributed by atoms with Crippen molar-refractivity contribution in [3.63, 3.8) is 0 Å². The summed E-state index contributed by atoms with van der Waals surface area (Å²) < 4.78 is 6.91. The van der Waals surface area contributed by atoms with Gasteiger partial charge in [-0.3, -0.25) is 4.68 Å². The minimum absolute atomic E-state index is 0.0441. The molecule has 0 aliphatic heterocycles. The molecule has 1 amide bonds. The van der Waals surface area contributed by atoms with Gasteiger partial charge in [-0.1, -0.05) is 19.1 Å². The standard InChI is InChI=1S/C16H30N4O3/c1-12(2)7-16(11-21,8-13-9-20(6)19-18-13)10-17-14(22)23-15(3,4)5/h9,12,21H,7-8,10-11H2,1-6H3,(H,17,22). The van der Waals surface area contributed by atoms with E-state index in [0.29, 0.717) is 18.9 Å². The lowest BCUT2D eigenvalue weighted by Crippen LogP contribution is -2.44. The number of hydrogen-bond acceptors (Lipinski definition) is 5. The van der Waals surface area contributed by atoms with Gasteiger partial charge in [-0.15, -0.1) is 5.10 Å². The molecule has 0 aliphatic carbocycles. The van der Waals surface area contributed by atoms with Crippen LogP contribution >= 0.6 is 0 Å². The highest BCUT2D eigenvalue weighted by Gasteiger charge is 2.33. The van der Waals surface area contributed by atoms with Crippen molar-refractivity contribution in [2.75, 3.05) is 13.2 Å². The number of carbonyl (C=O) groups excluding carboxylic acids is 1. The van der Waals surface area contributed by atoms with Crippen molar-refractivity contribution in [3.05, 3.63) is 11.9 Å². The number of aliphatic hydroxyl groups excluding tert-OH is 1. The molecule has 0 bridgehead atoms. The quantitative estimate of drug-likeness (QED) is 0.799. The van der Waals surface area contributed by atoms with Crippen LogP contribution in [0.5, 0.6) is 0 Å². The normalized spacial score (nSPS) is 14.6. The van der Waals surface area contributed by atoms with Gasteiger partial charge in [-0.2, -0.15) is 0 Å². The van der Waals surface area contributed by atoms with Crippen molar-refractivity contribution in [1.29, 1.82) is 0 Å². The summed E-state index contributed by atoms with van der Waals surface area (Å²) in [6.07, 6.45) is 2.66. The molecule has 7 heteroatoms. The summed E-state index contributed by atoms with van der Waals surface area (Å²) in [6, 6.07) is 0. The average molecular weight is 326 g/mol. The Bertz CT molecular complexity index is 508. The number of hydrogen-bond donors (Lipinski definition) is 2. The molecule has 0 radical (unpaired) electrons. The van der Waals surface area contributed by atoms with Crippen molar-refractivity contribution < 1.29 is 14.6 Å². The molecular weight excluding hydrogens is 296 g/mol. The number of nitrogens with one attached hydrogen (secondary N) is 1. The molecule has 1 aromatic rings. The third-order valence-electron chi connectivity index (χ3n) is 3.39. The van der Waals surface area contributed by atoms with E-state index in [-0.39, 0.29) is 6.61 Å². The number of alkyl carbamates (subject to hydrolysis) is 1. The molecule has 7 nitrogen and oxygen atoms in total. The van der Waals surface area contributed by atoms with Crippen LogP contribution < -0.4 is 5.32 Å². The molecule has 132 valence electrons. The van der Waals surface area contributed by atoms with Crippen molar-refractivity contribution in [1.82, 2.24) is 20.3 Å². The van der Waals surface area contributed by atoms with Crippen LogP contribution in [0.25, 0.3) is 0 Å². The third-order valence-corrected chi connectivity index (χ3v) is 3.39. The minimum atomic E-state index is -0.547. The van der Waals surface area contributed by atoms with E-state index in [0.717, 1.165) is 12.1 Å². The van der Waals surface area contributed by atoms with Gasteiger partial charge in [0.1, 0.15) is 5.60 Å². The first-order valence-electron chi connectivity index (χ1n) is 7.98. The molecule has 0 aliphatic rings. The number of amides is 1. The van der Waals surface area contributed by atoms with E-state index < -0.39 is 17.1 Å². The maximum Gasteiger partial charge on any atom is 0.407 e. The molecule has 23 heavy (non-hydrogen) atoms. The Morgan fingerprint density at radius 1 is 1.43 bits per heavy atom. The zero-order chi connectivity index (χ0) is 17.7. The zero-order valence-corrected chi connectivity index (χ0v) is 15.1. The Kier molecular flexibility index (Phi) is 6.56. The van der Waals surface area contributed by atoms with E-state index in [4.69, 9.17) is 4.74 Å². The molecule has 2 N–H and O–H groups in total. The van der Waals surface area contributed by atoms with Crippen LogP contribution in [0.3, 0.4) is 0 Å². The van der Waals surface area contributed by atoms with E-state index in [2.05, 4.69) is 29.5 Å². The molecule has 0 aromatic carbocycles. The number of ether oxygens (including phenoxy) is 1. The fourth-order valence-electron chi connectivity index (χ4n) is 2.68. The van der Waals surface area contributed by atoms with Gasteiger partial charge in [0.15, 0.2) is 0 Å². The monoisotopic (exact) mass is 326 g/mol. The Morgan fingerprint density at radius 3 is 2.52 bits per heavy atom. The Labute approximate surface area is 138 Å². The molecule has 0 saturated heterocycles. The van der Waals surface area contributed by atoms with Gasteiger partial charge in [0, 0.05) is 31.6 Å². The van der Waals surface area contributed by atoms with Crippen molar-refractivity contribution in [2.24, 2.45) is 18.4 Å². The van der Waals surface area contributed by atoms with Gasteiger partial charge in [0.2, 0.25) is 0 Å². The van der Waals surface area contributed by atoms with Gasteiger partial charge < -0.3 is 15.2 Å². The van der Waals surface area contributed by atoms with Gasteiger partial charge in [0.25, 0.3) is 0 Å². The van der Waals surface area contributed by atoms with Gasteiger partial charge in [-0.25, -0.2) is 4.79 Å². The van der Waals surface area contributed by atoms with E-state index >= 15 is 0 Å². The molecule has 0 spiro atoms. The average Bonchev–Trinajstić information content (AvgIpc) is 2.78. The second-order valence-electron chi connectivity index (χ2n) is 7.67. The minimum Gasteiger partial charge on any atom is -0.444 e. The van der Waals surface area contributed by atoms with E-state index in [1.165, 1.54) is 0 Å². The first kappa shape index (κ1) is 19.4. The summed E-state index contributed by atoms with van der Waals surface area (Å²) in [5, 5.41) is 20.8. The molecule has 1 atom stereocenters. The second kappa shape index (κ2) is 7.77. The predicted octanol–water partition coefficient (Wildman–Crippen LogP) is 1.91. The first-order chi connectivity index (χ1) is 10.6. The van der Waals surface area contributed by atoms with Crippen LogP contribution in [-0.4, -0.2) is 44.9 Å². The smallest absolute Gasteiger partial charge is 0.407 e. The summed E-state index contributed by atoms with van der Waals surface area (Å²) in [5.41, 5.74) is -0.232. The summed E-state index contributed by atoms with van der Waals surface area (Å²) in [6.45, 7) is 9.92. The highest BCUT2D eigenvalue weighted by Crippen LogP contribution is 2.29. The number of aryl methyl sites for hydroxylation is 1. The lowest BCUT2D eigenvalue weighted by Gasteiger charge is -2.33. The number of carbonyl (C=O) groups is 1. The van der Waals surface area contributed by atoms with Gasteiger partial charge in [0.05, 0.1) is 12.3 Å². The highest BCUT2D eigenvalue weighted by atomic mass is 16.6. The highest BCUT2D eigenvalue weighted by molar-refractivity contribution is 5.67. The van der Waals surface area contributed by atoms with Crippen LogP contribution in [-0.2, 0) is 18.2 Å². The zero-order valence-electron chi connectivity index (χ0n) is 15.1. The third kappa shape index (κ3) is 6.99. The SMILES string of the molecule is CC(C)CC(CO)(CNC(=O)OC(C)(C)C)Cc1cn(C)nn1. The molecule has 0 saturated carbocycles. The fraction of sp³-hybridized carbons (Fsp3) is 0.812. The fourth-order valence-corrected chi connectivity index (χ4v) is 2.68. The topological polar surface area (TPSA) is 89.3 Å². The van der Waals surface area contributed by atoms with Crippen molar-refractivity contribution in [2.45, 2.75) is 53.1 Å². The number of rotatable bonds is 7. The number of aromatic nitrogens is 3. The molecule has 1 heterocycles. The first-order valence-corrected chi connectivity index (χ1v) is 7.98. The largest absolute Gasteiger partial charge is 0.444 e. The van der Waals surface area contributed by atoms with Gasteiger partial charge in [-0.05, 0) is 33.1 Å². The van der Waals surface area contributed by atoms with E-state index in [9.17, 15) is 9.90 Å². The lowest BCUT2D eigenvalue weighted by atomic mass is 9.77. The molecule has 1 unspecified atom stereocenters. The number of nitrogens with zero attached hydrogens (tertiary/aromatic N) is 3. The van der Waals surface area contributed by atoms with E-state index in [1.807, 2.05) is 27.0 Å². The van der Waals surface area contributed by atoms with E-state index in [1.54, 1.807) is 11.7 Å². The second-order valence-corrected chi connectivity index (χ2v) is 7.67. The van der Waals surface area contributed by atoms with Crippen LogP contribution in [0.1, 0.15) is 46.7 Å². The Morgan fingerprint density at radius 2 is 2.09 bits per heavy atom. The van der Waals surface area contributed by atoms with Crippen LogP contribution in [0.4, 0.5) is 4.79 Å². The summed E-state index contributed by atoms with van der Waals surface area (Å²) >= 11 is 0. The lowest BCUT2D eigenvalue weighted by molar-refractivity contribution is 0.0439. The summed E-state index contributed by atoms with van der Waals surface area (Å²) in [5.74, 6) is 0.374. The van der Waals surface area contributed by atoms with Crippen molar-refractivity contribution in [3.8, 4) is 0 Å². The predicted molar refractivity (Wildman–Crippen MR) is 87.9 cm³/mol. The van der Waals surface area contributed by atoms with Crippen molar-refractivity contribution >= 4 is 6.09 Å². The number of aliphatic hydroxyl groups is 1. The van der Waals surface area contributed by atoms with Gasteiger partial charge >= 0.3 is 6.09 Å². The molecule has 0 fully saturated rings. The van der Waals surface area contributed by atoms with Crippen LogP contribution in [0, 0.1) is 11.3 Å². The Balaban J connectivity index is 2.80. The van der Waals surface area contributed by atoms with Crippen LogP contribution in [0.2, 0.25) is 0 Å². The molecule has 1 rings (SSSR count).